The van der Waals surface area contributed by atoms with E-state index in [-0.39, 0.29) is 0 Å². The number of anilines is 1. The molecule has 0 atom stereocenters. The number of aromatic nitrogens is 2. The Balaban J connectivity index is 1.64. The SMILES string of the molecule is CN(Cc1ccc2c(c1)CCC2)Cc1cc(N)n[nH]1. The van der Waals surface area contributed by atoms with Crippen LogP contribution in [-0.4, -0.2) is 22.1 Å². The van der Waals surface area contributed by atoms with E-state index in [1.54, 1.807) is 0 Å². The van der Waals surface area contributed by atoms with Gasteiger partial charge < -0.3 is 5.73 Å². The molecule has 1 aliphatic carbocycles. The molecule has 0 spiro atoms. The van der Waals surface area contributed by atoms with Gasteiger partial charge in [-0.05, 0) is 43.0 Å². The van der Waals surface area contributed by atoms with Gasteiger partial charge in [0.25, 0.3) is 0 Å². The highest BCUT2D eigenvalue weighted by molar-refractivity contribution is 5.35. The number of benzene rings is 1. The van der Waals surface area contributed by atoms with Crippen LogP contribution in [0.25, 0.3) is 0 Å². The Labute approximate surface area is 113 Å². The van der Waals surface area contributed by atoms with E-state index < -0.39 is 0 Å². The first-order valence-electron chi connectivity index (χ1n) is 6.80. The number of nitrogens with two attached hydrogens (primary N) is 1. The van der Waals surface area contributed by atoms with Crippen LogP contribution in [0.3, 0.4) is 0 Å². The van der Waals surface area contributed by atoms with Gasteiger partial charge in [0, 0.05) is 19.2 Å². The molecule has 0 unspecified atom stereocenters. The predicted octanol–water partition coefficient (Wildman–Crippen LogP) is 2.11. The molecule has 4 nitrogen and oxygen atoms in total. The molecule has 0 aliphatic heterocycles. The third-order valence-electron chi connectivity index (χ3n) is 3.71. The van der Waals surface area contributed by atoms with Crippen LogP contribution in [-0.2, 0) is 25.9 Å². The number of nitrogen functional groups attached to an aromatic ring is 1. The van der Waals surface area contributed by atoms with Gasteiger partial charge in [0.15, 0.2) is 0 Å². The van der Waals surface area contributed by atoms with Crippen LogP contribution >= 0.6 is 0 Å². The number of aryl methyl sites for hydroxylation is 2. The summed E-state index contributed by atoms with van der Waals surface area (Å²) in [6.45, 7) is 1.79. The Kier molecular flexibility index (Phi) is 3.25. The number of aromatic amines is 1. The van der Waals surface area contributed by atoms with Crippen LogP contribution < -0.4 is 5.73 Å². The summed E-state index contributed by atoms with van der Waals surface area (Å²) in [6.07, 6.45) is 3.80. The summed E-state index contributed by atoms with van der Waals surface area (Å²) in [4.78, 5) is 2.27. The van der Waals surface area contributed by atoms with Gasteiger partial charge >= 0.3 is 0 Å². The number of nitrogens with one attached hydrogen (secondary N) is 1. The summed E-state index contributed by atoms with van der Waals surface area (Å²) in [5.74, 6) is 0.556. The normalized spacial score (nSPS) is 14.0. The molecule has 0 amide bonds. The fraction of sp³-hybridized carbons (Fsp3) is 0.400. The van der Waals surface area contributed by atoms with E-state index in [1.807, 2.05) is 6.07 Å². The molecule has 2 aromatic rings. The fourth-order valence-corrected chi connectivity index (χ4v) is 2.84. The van der Waals surface area contributed by atoms with Crippen molar-refractivity contribution >= 4 is 5.82 Å². The maximum atomic E-state index is 5.61. The second kappa shape index (κ2) is 5.05. The van der Waals surface area contributed by atoms with Crippen molar-refractivity contribution in [1.29, 1.82) is 0 Å². The average molecular weight is 256 g/mol. The minimum absolute atomic E-state index is 0.556. The van der Waals surface area contributed by atoms with E-state index in [9.17, 15) is 0 Å². The summed E-state index contributed by atoms with van der Waals surface area (Å²) >= 11 is 0. The van der Waals surface area contributed by atoms with Crippen molar-refractivity contribution in [2.75, 3.05) is 12.8 Å². The van der Waals surface area contributed by atoms with Crippen molar-refractivity contribution in [2.24, 2.45) is 0 Å². The monoisotopic (exact) mass is 256 g/mol. The molecule has 1 aromatic carbocycles. The minimum atomic E-state index is 0.556. The Morgan fingerprint density at radius 2 is 2.05 bits per heavy atom. The number of H-pyrrole nitrogens is 1. The lowest BCUT2D eigenvalue weighted by atomic mass is 10.1. The van der Waals surface area contributed by atoms with Gasteiger partial charge in [0.2, 0.25) is 0 Å². The number of fused-ring (bicyclic) bond motifs is 1. The predicted molar refractivity (Wildman–Crippen MR) is 76.6 cm³/mol. The molecule has 3 rings (SSSR count). The Bertz CT molecular complexity index is 573. The summed E-state index contributed by atoms with van der Waals surface area (Å²) in [7, 11) is 2.12. The van der Waals surface area contributed by atoms with Crippen LogP contribution in [0.15, 0.2) is 24.3 Å². The molecule has 1 heterocycles. The maximum Gasteiger partial charge on any atom is 0.145 e. The summed E-state index contributed by atoms with van der Waals surface area (Å²) in [6, 6.07) is 8.79. The van der Waals surface area contributed by atoms with Crippen LogP contribution in [0.4, 0.5) is 5.82 Å². The molecule has 1 aromatic heterocycles. The van der Waals surface area contributed by atoms with Crippen LogP contribution in [0, 0.1) is 0 Å². The fourth-order valence-electron chi connectivity index (χ4n) is 2.84. The van der Waals surface area contributed by atoms with Gasteiger partial charge in [-0.3, -0.25) is 10.00 Å². The first-order valence-corrected chi connectivity index (χ1v) is 6.80. The molecule has 3 N–H and O–H groups in total. The van der Waals surface area contributed by atoms with Crippen molar-refractivity contribution in [3.8, 4) is 0 Å². The molecule has 0 bridgehead atoms. The third-order valence-corrected chi connectivity index (χ3v) is 3.71. The summed E-state index contributed by atoms with van der Waals surface area (Å²) in [5.41, 5.74) is 11.1. The standard InChI is InChI=1S/C15H20N4/c1-19(10-14-8-15(16)18-17-14)9-11-5-6-12-3-2-4-13(12)7-11/h5-8H,2-4,9-10H2,1H3,(H3,16,17,18). The highest BCUT2D eigenvalue weighted by Crippen LogP contribution is 2.23. The Hall–Kier alpha value is -1.81. The molecule has 0 saturated carbocycles. The quantitative estimate of drug-likeness (QED) is 0.881. The highest BCUT2D eigenvalue weighted by Gasteiger charge is 2.11. The maximum absolute atomic E-state index is 5.61. The number of hydrogen-bond acceptors (Lipinski definition) is 3. The van der Waals surface area contributed by atoms with Crippen LogP contribution in [0.5, 0.6) is 0 Å². The molecule has 19 heavy (non-hydrogen) atoms. The minimum Gasteiger partial charge on any atom is -0.382 e. The smallest absolute Gasteiger partial charge is 0.145 e. The largest absolute Gasteiger partial charge is 0.382 e. The van der Waals surface area contributed by atoms with Gasteiger partial charge in [-0.15, -0.1) is 0 Å². The Morgan fingerprint density at radius 1 is 1.21 bits per heavy atom. The number of hydrogen-bond donors (Lipinski definition) is 2. The molecular weight excluding hydrogens is 236 g/mol. The van der Waals surface area contributed by atoms with E-state index in [0.717, 1.165) is 18.8 Å². The lowest BCUT2D eigenvalue weighted by Crippen LogP contribution is -2.17. The molecule has 4 heteroatoms. The second-order valence-electron chi connectivity index (χ2n) is 5.45. The molecule has 1 aliphatic rings. The second-order valence-corrected chi connectivity index (χ2v) is 5.45. The zero-order valence-electron chi connectivity index (χ0n) is 11.3. The zero-order valence-corrected chi connectivity index (χ0v) is 11.3. The molecular formula is C15H20N4. The van der Waals surface area contributed by atoms with Crippen molar-refractivity contribution in [1.82, 2.24) is 15.1 Å². The zero-order chi connectivity index (χ0) is 13.2. The van der Waals surface area contributed by atoms with Crippen LogP contribution in [0.1, 0.15) is 28.8 Å². The summed E-state index contributed by atoms with van der Waals surface area (Å²) in [5, 5.41) is 6.90. The first-order chi connectivity index (χ1) is 9.20. The van der Waals surface area contributed by atoms with E-state index in [2.05, 4.69) is 40.3 Å². The van der Waals surface area contributed by atoms with Crippen molar-refractivity contribution in [3.63, 3.8) is 0 Å². The highest BCUT2D eigenvalue weighted by atomic mass is 15.2. The molecule has 0 fully saturated rings. The van der Waals surface area contributed by atoms with Crippen molar-refractivity contribution in [3.05, 3.63) is 46.6 Å². The van der Waals surface area contributed by atoms with Gasteiger partial charge in [-0.25, -0.2) is 0 Å². The lowest BCUT2D eigenvalue weighted by Gasteiger charge is -2.16. The van der Waals surface area contributed by atoms with Gasteiger partial charge in [-0.1, -0.05) is 18.2 Å². The van der Waals surface area contributed by atoms with Gasteiger partial charge in [0.05, 0.1) is 5.69 Å². The molecule has 100 valence electrons. The van der Waals surface area contributed by atoms with E-state index in [0.29, 0.717) is 5.82 Å². The first kappa shape index (κ1) is 12.2. The van der Waals surface area contributed by atoms with Crippen molar-refractivity contribution < 1.29 is 0 Å². The molecule has 0 saturated heterocycles. The third kappa shape index (κ3) is 2.79. The topological polar surface area (TPSA) is 57.9 Å². The van der Waals surface area contributed by atoms with Gasteiger partial charge in [0.1, 0.15) is 5.82 Å². The number of nitrogens with zero attached hydrogens (tertiary/aromatic N) is 2. The average Bonchev–Trinajstić information content (AvgIpc) is 2.97. The van der Waals surface area contributed by atoms with E-state index in [4.69, 9.17) is 5.73 Å². The van der Waals surface area contributed by atoms with Crippen molar-refractivity contribution in [2.45, 2.75) is 32.4 Å². The van der Waals surface area contributed by atoms with Crippen LogP contribution in [0.2, 0.25) is 0 Å². The Morgan fingerprint density at radius 3 is 2.84 bits per heavy atom. The number of rotatable bonds is 4. The molecule has 0 radical (unpaired) electrons. The van der Waals surface area contributed by atoms with E-state index >= 15 is 0 Å². The lowest BCUT2D eigenvalue weighted by molar-refractivity contribution is 0.315. The van der Waals surface area contributed by atoms with E-state index in [1.165, 1.54) is 36.0 Å². The van der Waals surface area contributed by atoms with Gasteiger partial charge in [-0.2, -0.15) is 5.10 Å². The summed E-state index contributed by atoms with van der Waals surface area (Å²) < 4.78 is 0.